The molecule has 5 heteroatoms. The highest BCUT2D eigenvalue weighted by Crippen LogP contribution is 2.27. The van der Waals surface area contributed by atoms with Crippen LogP contribution in [0.1, 0.15) is 5.56 Å². The zero-order valence-corrected chi connectivity index (χ0v) is 11.6. The second-order valence-corrected chi connectivity index (χ2v) is 4.71. The number of halogens is 2. The van der Waals surface area contributed by atoms with Gasteiger partial charge in [0.1, 0.15) is 22.9 Å². The summed E-state index contributed by atoms with van der Waals surface area (Å²) in [5.74, 6) is 0.643. The number of rotatable bonds is 3. The van der Waals surface area contributed by atoms with E-state index in [1.54, 1.807) is 30.3 Å². The Bertz CT molecular complexity index is 858. The largest absolute Gasteiger partial charge is 0.457 e. The van der Waals surface area contributed by atoms with Crippen molar-refractivity contribution in [1.29, 1.82) is 0 Å². The first-order chi connectivity index (χ1) is 10.2. The van der Waals surface area contributed by atoms with Crippen molar-refractivity contribution in [3.8, 4) is 11.5 Å². The van der Waals surface area contributed by atoms with E-state index in [4.69, 9.17) is 20.8 Å². The van der Waals surface area contributed by atoms with Crippen LogP contribution in [0.5, 0.6) is 11.5 Å². The molecule has 21 heavy (non-hydrogen) atoms. The molecule has 0 N–H and O–H groups in total. The molecule has 0 radical (unpaired) electrons. The molecule has 0 atom stereocenters. The van der Waals surface area contributed by atoms with Crippen LogP contribution in [0.3, 0.4) is 0 Å². The lowest BCUT2D eigenvalue weighted by Gasteiger charge is -2.07. The molecule has 3 rings (SSSR count). The molecule has 3 nitrogen and oxygen atoms in total. The molecule has 1 aromatic heterocycles. The van der Waals surface area contributed by atoms with Gasteiger partial charge in [0.05, 0.1) is 0 Å². The monoisotopic (exact) mass is 304 g/mol. The molecule has 0 bridgehead atoms. The van der Waals surface area contributed by atoms with E-state index in [0.717, 1.165) is 5.39 Å². The van der Waals surface area contributed by atoms with Crippen LogP contribution in [0.4, 0.5) is 4.39 Å². The van der Waals surface area contributed by atoms with Gasteiger partial charge in [0.25, 0.3) is 0 Å². The molecule has 0 amide bonds. The standard InChI is InChI=1S/C16H10ClFO3/c17-9-10-6-16(19)21-15-8-13(4-5-14(10)15)20-12-3-1-2-11(18)7-12/h1-8H,9H2. The lowest BCUT2D eigenvalue weighted by Crippen LogP contribution is -1.99. The van der Waals surface area contributed by atoms with Crippen molar-refractivity contribution >= 4 is 22.6 Å². The Balaban J connectivity index is 2.03. The molecule has 0 unspecified atom stereocenters. The van der Waals surface area contributed by atoms with E-state index in [9.17, 15) is 9.18 Å². The van der Waals surface area contributed by atoms with Gasteiger partial charge in [-0.1, -0.05) is 6.07 Å². The smallest absolute Gasteiger partial charge is 0.336 e. The third-order valence-corrected chi connectivity index (χ3v) is 3.27. The van der Waals surface area contributed by atoms with Crippen molar-refractivity contribution in [3.05, 3.63) is 70.3 Å². The van der Waals surface area contributed by atoms with Crippen molar-refractivity contribution in [2.75, 3.05) is 0 Å². The summed E-state index contributed by atoms with van der Waals surface area (Å²) >= 11 is 5.81. The number of fused-ring (bicyclic) bond motifs is 1. The molecule has 0 aliphatic heterocycles. The van der Waals surface area contributed by atoms with Gasteiger partial charge < -0.3 is 9.15 Å². The number of hydrogen-bond donors (Lipinski definition) is 0. The minimum atomic E-state index is -0.471. The van der Waals surface area contributed by atoms with Crippen LogP contribution in [0.25, 0.3) is 11.0 Å². The number of benzene rings is 2. The van der Waals surface area contributed by atoms with Gasteiger partial charge in [-0.25, -0.2) is 9.18 Å². The van der Waals surface area contributed by atoms with Gasteiger partial charge >= 0.3 is 5.63 Å². The Kier molecular flexibility index (Phi) is 3.62. The highest BCUT2D eigenvalue weighted by molar-refractivity contribution is 6.17. The quantitative estimate of drug-likeness (QED) is 0.529. The van der Waals surface area contributed by atoms with Crippen LogP contribution in [-0.2, 0) is 5.88 Å². The van der Waals surface area contributed by atoms with Gasteiger partial charge in [0.15, 0.2) is 0 Å². The predicted octanol–water partition coefficient (Wildman–Crippen LogP) is 4.46. The van der Waals surface area contributed by atoms with Crippen molar-refractivity contribution in [3.63, 3.8) is 0 Å². The molecule has 106 valence electrons. The summed E-state index contributed by atoms with van der Waals surface area (Å²) in [6, 6.07) is 12.2. The Morgan fingerprint density at radius 2 is 1.90 bits per heavy atom. The maximum atomic E-state index is 13.1. The summed E-state index contributed by atoms with van der Waals surface area (Å²) in [5.41, 5.74) is 0.605. The molecule has 2 aromatic carbocycles. The fraction of sp³-hybridized carbons (Fsp3) is 0.0625. The molecule has 0 saturated heterocycles. The van der Waals surface area contributed by atoms with Gasteiger partial charge in [0.2, 0.25) is 0 Å². The van der Waals surface area contributed by atoms with E-state index in [-0.39, 0.29) is 11.7 Å². The van der Waals surface area contributed by atoms with E-state index < -0.39 is 5.63 Å². The summed E-state index contributed by atoms with van der Waals surface area (Å²) in [4.78, 5) is 11.5. The van der Waals surface area contributed by atoms with Gasteiger partial charge in [0, 0.05) is 29.5 Å². The van der Waals surface area contributed by atoms with Crippen LogP contribution in [0.2, 0.25) is 0 Å². The van der Waals surface area contributed by atoms with Crippen LogP contribution in [0.15, 0.2) is 57.7 Å². The molecule has 0 aliphatic carbocycles. The van der Waals surface area contributed by atoms with Crippen molar-refractivity contribution < 1.29 is 13.5 Å². The zero-order valence-electron chi connectivity index (χ0n) is 10.8. The first kappa shape index (κ1) is 13.6. The van der Waals surface area contributed by atoms with E-state index in [1.165, 1.54) is 18.2 Å². The van der Waals surface area contributed by atoms with Crippen LogP contribution in [-0.4, -0.2) is 0 Å². The van der Waals surface area contributed by atoms with Crippen LogP contribution >= 0.6 is 11.6 Å². The highest BCUT2D eigenvalue weighted by Gasteiger charge is 2.07. The van der Waals surface area contributed by atoms with Crippen molar-refractivity contribution in [2.45, 2.75) is 5.88 Å². The molecule has 0 fully saturated rings. The van der Waals surface area contributed by atoms with E-state index in [2.05, 4.69) is 0 Å². The molecule has 1 heterocycles. The van der Waals surface area contributed by atoms with Gasteiger partial charge in [-0.2, -0.15) is 0 Å². The molecule has 0 aliphatic rings. The van der Waals surface area contributed by atoms with E-state index in [1.807, 2.05) is 0 Å². The molecule has 3 aromatic rings. The maximum absolute atomic E-state index is 13.1. The average molecular weight is 305 g/mol. The Morgan fingerprint density at radius 3 is 2.67 bits per heavy atom. The normalized spacial score (nSPS) is 10.8. The van der Waals surface area contributed by atoms with Gasteiger partial charge in [-0.3, -0.25) is 0 Å². The minimum absolute atomic E-state index is 0.214. The van der Waals surface area contributed by atoms with Crippen molar-refractivity contribution in [2.24, 2.45) is 0 Å². The summed E-state index contributed by atoms with van der Waals surface area (Å²) in [5, 5.41) is 0.746. The average Bonchev–Trinajstić information content (AvgIpc) is 2.46. The van der Waals surface area contributed by atoms with Gasteiger partial charge in [-0.05, 0) is 29.8 Å². The van der Waals surface area contributed by atoms with Gasteiger partial charge in [-0.15, -0.1) is 11.6 Å². The first-order valence-electron chi connectivity index (χ1n) is 6.22. The highest BCUT2D eigenvalue weighted by atomic mass is 35.5. The SMILES string of the molecule is O=c1cc(CCl)c2ccc(Oc3cccc(F)c3)cc2o1. The third kappa shape index (κ3) is 2.90. The Hall–Kier alpha value is -2.33. The summed E-state index contributed by atoms with van der Waals surface area (Å²) in [6.07, 6.45) is 0. The third-order valence-electron chi connectivity index (χ3n) is 2.98. The summed E-state index contributed by atoms with van der Waals surface area (Å²) in [7, 11) is 0. The second kappa shape index (κ2) is 5.58. The van der Waals surface area contributed by atoms with Crippen LogP contribution in [0, 0.1) is 5.82 Å². The fourth-order valence-electron chi connectivity index (χ4n) is 2.05. The molecule has 0 saturated carbocycles. The maximum Gasteiger partial charge on any atom is 0.336 e. The van der Waals surface area contributed by atoms with E-state index in [0.29, 0.717) is 22.6 Å². The lowest BCUT2D eigenvalue weighted by atomic mass is 10.1. The van der Waals surface area contributed by atoms with Crippen LogP contribution < -0.4 is 10.4 Å². The predicted molar refractivity (Wildman–Crippen MR) is 78.5 cm³/mol. The lowest BCUT2D eigenvalue weighted by molar-refractivity contribution is 0.475. The Morgan fingerprint density at radius 1 is 1.10 bits per heavy atom. The number of hydrogen-bond acceptors (Lipinski definition) is 3. The molecular weight excluding hydrogens is 295 g/mol. The number of alkyl halides is 1. The van der Waals surface area contributed by atoms with E-state index >= 15 is 0 Å². The molecule has 0 spiro atoms. The van der Waals surface area contributed by atoms with Crippen molar-refractivity contribution in [1.82, 2.24) is 0 Å². The Labute approximate surface area is 124 Å². The molecular formula is C16H10ClFO3. The zero-order chi connectivity index (χ0) is 14.8. The summed E-state index contributed by atoms with van der Waals surface area (Å²) < 4.78 is 23.8. The first-order valence-corrected chi connectivity index (χ1v) is 6.75. The topological polar surface area (TPSA) is 39.4 Å². The number of ether oxygens (including phenoxy) is 1. The fourth-order valence-corrected chi connectivity index (χ4v) is 2.27. The minimum Gasteiger partial charge on any atom is -0.457 e. The second-order valence-electron chi connectivity index (χ2n) is 4.44. The summed E-state index contributed by atoms with van der Waals surface area (Å²) in [6.45, 7) is 0.